The lowest BCUT2D eigenvalue weighted by Crippen LogP contribution is -2.46. The lowest BCUT2D eigenvalue weighted by Gasteiger charge is -2.38. The van der Waals surface area contributed by atoms with E-state index >= 15 is 0 Å². The van der Waals surface area contributed by atoms with Crippen LogP contribution in [-0.4, -0.2) is 24.9 Å². The van der Waals surface area contributed by atoms with Crippen LogP contribution < -0.4 is 4.31 Å². The Morgan fingerprint density at radius 1 is 1.11 bits per heavy atom. The normalized spacial score (nSPS) is 25.8. The molecular formula is C22H26N2O3S. The first-order chi connectivity index (χ1) is 13.3. The fraction of sp³-hybridized carbons (Fsp3) is 0.455. The van der Waals surface area contributed by atoms with E-state index in [9.17, 15) is 13.2 Å². The van der Waals surface area contributed by atoms with Crippen molar-refractivity contribution >= 4 is 21.5 Å². The zero-order valence-corrected chi connectivity index (χ0v) is 17.2. The number of fused-ring (bicyclic) bond motifs is 2. The topological polar surface area (TPSA) is 67.3 Å². The molecule has 2 aliphatic rings. The Hall–Kier alpha value is -2.21. The summed E-state index contributed by atoms with van der Waals surface area (Å²) in [7, 11) is -3.72. The molecule has 2 aromatic rings. The fourth-order valence-electron chi connectivity index (χ4n) is 5.11. The summed E-state index contributed by atoms with van der Waals surface area (Å²) in [6.07, 6.45) is 5.30. The molecule has 0 saturated heterocycles. The van der Waals surface area contributed by atoms with Crippen molar-refractivity contribution in [2.45, 2.75) is 39.7 Å². The maximum atomic E-state index is 13.7. The Bertz CT molecular complexity index is 973. The van der Waals surface area contributed by atoms with Gasteiger partial charge in [-0.1, -0.05) is 44.2 Å². The van der Waals surface area contributed by atoms with E-state index < -0.39 is 15.4 Å². The van der Waals surface area contributed by atoms with E-state index in [-0.39, 0.29) is 23.5 Å². The summed E-state index contributed by atoms with van der Waals surface area (Å²) in [6.45, 7) is 4.37. The third-order valence-corrected chi connectivity index (χ3v) is 8.89. The van der Waals surface area contributed by atoms with Crippen LogP contribution in [-0.2, 0) is 21.4 Å². The molecule has 2 bridgehead atoms. The minimum atomic E-state index is -3.72. The van der Waals surface area contributed by atoms with Crippen LogP contribution in [0.15, 0.2) is 54.9 Å². The van der Waals surface area contributed by atoms with Gasteiger partial charge in [-0.15, -0.1) is 0 Å². The molecule has 148 valence electrons. The molecule has 0 spiro atoms. The quantitative estimate of drug-likeness (QED) is 0.742. The van der Waals surface area contributed by atoms with Gasteiger partial charge in [0.25, 0.3) is 0 Å². The summed E-state index contributed by atoms with van der Waals surface area (Å²) in [6, 6.07) is 12.9. The third kappa shape index (κ3) is 2.94. The molecule has 0 radical (unpaired) electrons. The van der Waals surface area contributed by atoms with E-state index in [0.29, 0.717) is 24.4 Å². The second-order valence-corrected chi connectivity index (χ2v) is 10.5. The molecule has 2 fully saturated rings. The van der Waals surface area contributed by atoms with Crippen LogP contribution in [0.1, 0.15) is 38.7 Å². The Morgan fingerprint density at radius 3 is 2.36 bits per heavy atom. The number of pyridine rings is 1. The standard InChI is InChI=1S/C22H26N2O3S/c1-21(2)18-8-11-22(21,20(25)14-18)16-28(26,27)24(19-9-12-23-13-10-19)15-17-6-4-3-5-7-17/h3-7,9-10,12-13,18H,8,11,14-16H2,1-2H3/t18-,22+/m1/s1. The first-order valence-electron chi connectivity index (χ1n) is 9.74. The Kier molecular flexibility index (Phi) is 4.57. The first kappa shape index (κ1) is 19.1. The SMILES string of the molecule is CC1(C)[C@@H]2CC[C@]1(CS(=O)(=O)N(Cc1ccccc1)c1ccncc1)C(=O)C2. The highest BCUT2D eigenvalue weighted by Gasteiger charge is 2.65. The molecule has 0 amide bonds. The highest BCUT2D eigenvalue weighted by Crippen LogP contribution is 2.64. The molecule has 1 heterocycles. The number of ketones is 1. The van der Waals surface area contributed by atoms with Gasteiger partial charge in [0.05, 0.1) is 23.4 Å². The number of nitrogens with zero attached hydrogens (tertiary/aromatic N) is 2. The van der Waals surface area contributed by atoms with E-state index in [1.807, 2.05) is 30.3 Å². The fourth-order valence-corrected chi connectivity index (χ4v) is 7.35. The van der Waals surface area contributed by atoms with Crippen molar-refractivity contribution in [1.29, 1.82) is 0 Å². The van der Waals surface area contributed by atoms with Gasteiger partial charge < -0.3 is 0 Å². The molecule has 0 unspecified atom stereocenters. The minimum absolute atomic E-state index is 0.117. The summed E-state index contributed by atoms with van der Waals surface area (Å²) >= 11 is 0. The number of Topliss-reactive ketones (excluding diaryl/α,β-unsaturated/α-hetero) is 1. The molecule has 1 aromatic carbocycles. The van der Waals surface area contributed by atoms with Gasteiger partial charge >= 0.3 is 0 Å². The van der Waals surface area contributed by atoms with Crippen molar-refractivity contribution < 1.29 is 13.2 Å². The number of sulfonamides is 1. The second kappa shape index (κ2) is 6.69. The van der Waals surface area contributed by atoms with Crippen LogP contribution in [0.25, 0.3) is 0 Å². The molecule has 5 nitrogen and oxygen atoms in total. The highest BCUT2D eigenvalue weighted by atomic mass is 32.2. The summed E-state index contributed by atoms with van der Waals surface area (Å²) < 4.78 is 28.8. The number of hydrogen-bond acceptors (Lipinski definition) is 4. The van der Waals surface area contributed by atoms with Crippen LogP contribution >= 0.6 is 0 Å². The van der Waals surface area contributed by atoms with Crippen LogP contribution in [0.3, 0.4) is 0 Å². The molecule has 2 saturated carbocycles. The van der Waals surface area contributed by atoms with Gasteiger partial charge in [-0.25, -0.2) is 8.42 Å². The Morgan fingerprint density at radius 2 is 1.79 bits per heavy atom. The summed E-state index contributed by atoms with van der Waals surface area (Å²) in [5.74, 6) is 0.280. The van der Waals surface area contributed by atoms with E-state index in [4.69, 9.17) is 0 Å². The largest absolute Gasteiger partial charge is 0.299 e. The molecule has 0 N–H and O–H groups in total. The first-order valence-corrected chi connectivity index (χ1v) is 11.3. The van der Waals surface area contributed by atoms with Gasteiger partial charge in [0, 0.05) is 18.8 Å². The molecule has 2 atom stereocenters. The lowest BCUT2D eigenvalue weighted by atomic mass is 9.70. The molecule has 28 heavy (non-hydrogen) atoms. The summed E-state index contributed by atoms with van der Waals surface area (Å²) in [4.78, 5) is 16.9. The Labute approximate surface area is 166 Å². The molecular weight excluding hydrogens is 372 g/mol. The zero-order chi connectivity index (χ0) is 20.0. The van der Waals surface area contributed by atoms with Crippen molar-refractivity contribution in [2.75, 3.05) is 10.1 Å². The summed E-state index contributed by atoms with van der Waals surface area (Å²) in [5, 5.41) is 0. The van der Waals surface area contributed by atoms with Gasteiger partial charge in [0.2, 0.25) is 10.0 Å². The molecule has 2 aliphatic carbocycles. The predicted molar refractivity (Wildman–Crippen MR) is 109 cm³/mol. The monoisotopic (exact) mass is 398 g/mol. The van der Waals surface area contributed by atoms with Gasteiger partial charge in [0.15, 0.2) is 0 Å². The number of carbonyl (C=O) groups is 1. The molecule has 6 heteroatoms. The van der Waals surface area contributed by atoms with E-state index in [2.05, 4.69) is 18.8 Å². The van der Waals surface area contributed by atoms with E-state index in [1.165, 1.54) is 4.31 Å². The molecule has 4 rings (SSSR count). The number of hydrogen-bond donors (Lipinski definition) is 0. The lowest BCUT2D eigenvalue weighted by molar-refractivity contribution is -0.128. The Balaban J connectivity index is 1.72. The van der Waals surface area contributed by atoms with Crippen LogP contribution in [0, 0.1) is 16.7 Å². The maximum Gasteiger partial charge on any atom is 0.236 e. The predicted octanol–water partition coefficient (Wildman–Crippen LogP) is 3.81. The van der Waals surface area contributed by atoms with Crippen molar-refractivity contribution in [3.63, 3.8) is 0 Å². The molecule has 0 aliphatic heterocycles. The third-order valence-electron chi connectivity index (χ3n) is 7.02. The highest BCUT2D eigenvalue weighted by molar-refractivity contribution is 7.92. The smallest absolute Gasteiger partial charge is 0.236 e. The van der Waals surface area contributed by atoms with Crippen LogP contribution in [0.2, 0.25) is 0 Å². The number of carbonyl (C=O) groups excluding carboxylic acids is 1. The van der Waals surface area contributed by atoms with Gasteiger partial charge in [-0.2, -0.15) is 0 Å². The molecule has 1 aromatic heterocycles. The number of benzene rings is 1. The van der Waals surface area contributed by atoms with Crippen molar-refractivity contribution in [3.8, 4) is 0 Å². The van der Waals surface area contributed by atoms with Gasteiger partial charge in [0.1, 0.15) is 5.78 Å². The maximum absolute atomic E-state index is 13.7. The zero-order valence-electron chi connectivity index (χ0n) is 16.3. The minimum Gasteiger partial charge on any atom is -0.299 e. The number of anilines is 1. The van der Waals surface area contributed by atoms with Crippen molar-refractivity contribution in [2.24, 2.45) is 16.7 Å². The van der Waals surface area contributed by atoms with Crippen LogP contribution in [0.5, 0.6) is 0 Å². The van der Waals surface area contributed by atoms with Crippen molar-refractivity contribution in [3.05, 3.63) is 60.4 Å². The number of rotatable bonds is 6. The average Bonchev–Trinajstić information content (AvgIpc) is 3.01. The van der Waals surface area contributed by atoms with E-state index in [1.54, 1.807) is 24.5 Å². The second-order valence-electron chi connectivity index (χ2n) is 8.62. The van der Waals surface area contributed by atoms with Gasteiger partial charge in [-0.3, -0.25) is 14.1 Å². The van der Waals surface area contributed by atoms with Crippen molar-refractivity contribution in [1.82, 2.24) is 4.98 Å². The number of aromatic nitrogens is 1. The van der Waals surface area contributed by atoms with Gasteiger partial charge in [-0.05, 0) is 41.9 Å². The van der Waals surface area contributed by atoms with E-state index in [0.717, 1.165) is 12.0 Å². The summed E-state index contributed by atoms with van der Waals surface area (Å²) in [5.41, 5.74) is 0.418. The van der Waals surface area contributed by atoms with Crippen LogP contribution in [0.4, 0.5) is 5.69 Å². The average molecular weight is 399 g/mol.